The Kier molecular flexibility index (Phi) is 2.51. The summed E-state index contributed by atoms with van der Waals surface area (Å²) in [7, 11) is 0. The van der Waals surface area contributed by atoms with Crippen LogP contribution in [0, 0.1) is 0 Å². The number of benzene rings is 1. The van der Waals surface area contributed by atoms with Crippen LogP contribution >= 0.6 is 23.4 Å². The average molecular weight is 212 g/mol. The molecule has 68 valence electrons. The highest BCUT2D eigenvalue weighted by molar-refractivity contribution is 8.08. The maximum Gasteiger partial charge on any atom is 0.0655 e. The largest absolute Gasteiger partial charge is 0.378 e. The van der Waals surface area contributed by atoms with Gasteiger partial charge in [-0.15, -0.1) is 11.8 Å². The van der Waals surface area contributed by atoms with Crippen LogP contribution in [0.15, 0.2) is 30.0 Å². The van der Waals surface area contributed by atoms with E-state index in [1.807, 2.05) is 23.9 Å². The van der Waals surface area contributed by atoms with Crippen molar-refractivity contribution >= 4 is 28.3 Å². The normalized spacial score (nSPS) is 16.2. The van der Waals surface area contributed by atoms with E-state index in [1.165, 1.54) is 16.2 Å². The molecule has 1 heterocycles. The van der Waals surface area contributed by atoms with Crippen LogP contribution in [0.1, 0.15) is 12.5 Å². The van der Waals surface area contributed by atoms with Crippen LogP contribution in [0.2, 0.25) is 5.02 Å². The molecular formula is C10H10ClNS. The quantitative estimate of drug-likeness (QED) is 0.765. The summed E-state index contributed by atoms with van der Waals surface area (Å²) in [6.45, 7) is 2.10. The Morgan fingerprint density at radius 1 is 1.31 bits per heavy atom. The summed E-state index contributed by atoms with van der Waals surface area (Å²) in [6, 6.07) is 7.97. The first kappa shape index (κ1) is 8.97. The van der Waals surface area contributed by atoms with Gasteiger partial charge in [-0.1, -0.05) is 23.7 Å². The Hall–Kier alpha value is -0.600. The van der Waals surface area contributed by atoms with E-state index in [2.05, 4.69) is 24.4 Å². The molecule has 0 radical (unpaired) electrons. The van der Waals surface area contributed by atoms with Crippen LogP contribution in [-0.2, 0) is 0 Å². The van der Waals surface area contributed by atoms with Gasteiger partial charge in [-0.25, -0.2) is 0 Å². The molecule has 0 atom stereocenters. The van der Waals surface area contributed by atoms with Gasteiger partial charge < -0.3 is 5.32 Å². The lowest BCUT2D eigenvalue weighted by Gasteiger charge is -2.01. The van der Waals surface area contributed by atoms with Gasteiger partial charge in [0.15, 0.2) is 0 Å². The van der Waals surface area contributed by atoms with E-state index in [4.69, 9.17) is 11.6 Å². The molecule has 3 heteroatoms. The average Bonchev–Trinajstić information content (AvgIpc) is 2.53. The topological polar surface area (TPSA) is 12.0 Å². The van der Waals surface area contributed by atoms with Gasteiger partial charge in [-0.3, -0.25) is 0 Å². The summed E-state index contributed by atoms with van der Waals surface area (Å²) in [5.41, 5.74) is 2.50. The Morgan fingerprint density at radius 3 is 2.54 bits per heavy atom. The van der Waals surface area contributed by atoms with Crippen LogP contribution in [0.5, 0.6) is 0 Å². The van der Waals surface area contributed by atoms with Crippen LogP contribution in [-0.4, -0.2) is 5.88 Å². The lowest BCUT2D eigenvalue weighted by Crippen LogP contribution is -2.02. The lowest BCUT2D eigenvalue weighted by atomic mass is 10.2. The maximum absolute atomic E-state index is 5.82. The minimum absolute atomic E-state index is 0.790. The number of hydrogen-bond acceptors (Lipinski definition) is 2. The van der Waals surface area contributed by atoms with Crippen molar-refractivity contribution < 1.29 is 0 Å². The Labute approximate surface area is 87.2 Å². The van der Waals surface area contributed by atoms with Gasteiger partial charge in [-0.2, -0.15) is 0 Å². The predicted molar refractivity (Wildman–Crippen MR) is 59.6 cm³/mol. The zero-order valence-electron chi connectivity index (χ0n) is 7.30. The van der Waals surface area contributed by atoms with Crippen molar-refractivity contribution in [1.29, 1.82) is 0 Å². The predicted octanol–water partition coefficient (Wildman–Crippen LogP) is 3.32. The third-order valence-electron chi connectivity index (χ3n) is 2.00. The zero-order chi connectivity index (χ0) is 9.26. The maximum atomic E-state index is 5.82. The molecule has 0 saturated carbocycles. The second-order valence-electron chi connectivity index (χ2n) is 2.93. The molecule has 1 aliphatic rings. The number of hydrogen-bond donors (Lipinski definition) is 1. The van der Waals surface area contributed by atoms with Gasteiger partial charge in [0.1, 0.15) is 0 Å². The second-order valence-corrected chi connectivity index (χ2v) is 4.35. The van der Waals surface area contributed by atoms with Crippen molar-refractivity contribution in [3.8, 4) is 0 Å². The summed E-state index contributed by atoms with van der Waals surface area (Å²) >= 11 is 7.65. The Morgan fingerprint density at radius 2 is 2.00 bits per heavy atom. The lowest BCUT2D eigenvalue weighted by molar-refractivity contribution is 0.986. The van der Waals surface area contributed by atoms with Crippen molar-refractivity contribution in [2.45, 2.75) is 6.92 Å². The minimum Gasteiger partial charge on any atom is -0.378 e. The molecule has 1 nitrogen and oxygen atoms in total. The molecule has 0 bridgehead atoms. The molecular weight excluding hydrogens is 202 g/mol. The van der Waals surface area contributed by atoms with Gasteiger partial charge in [0.2, 0.25) is 0 Å². The molecule has 0 aromatic heterocycles. The molecule has 0 aliphatic carbocycles. The van der Waals surface area contributed by atoms with Crippen LogP contribution in [0.25, 0.3) is 4.91 Å². The highest BCUT2D eigenvalue weighted by Crippen LogP contribution is 2.33. The fraction of sp³-hybridized carbons (Fsp3) is 0.200. The Balaban J connectivity index is 2.36. The molecule has 0 amide bonds. The number of nitrogens with one attached hydrogen (secondary N) is 1. The first-order chi connectivity index (χ1) is 6.27. The molecule has 0 fully saturated rings. The number of halogens is 1. The summed E-state index contributed by atoms with van der Waals surface area (Å²) < 4.78 is 0. The third-order valence-corrected chi connectivity index (χ3v) is 3.37. The van der Waals surface area contributed by atoms with Crippen molar-refractivity contribution in [2.75, 3.05) is 5.88 Å². The first-order valence-electron chi connectivity index (χ1n) is 4.11. The molecule has 0 unspecified atom stereocenters. The van der Waals surface area contributed by atoms with E-state index in [1.54, 1.807) is 0 Å². The van der Waals surface area contributed by atoms with Gasteiger partial charge in [0, 0.05) is 15.6 Å². The highest BCUT2D eigenvalue weighted by atomic mass is 35.5. The van der Waals surface area contributed by atoms with E-state index in [9.17, 15) is 0 Å². The highest BCUT2D eigenvalue weighted by Gasteiger charge is 2.11. The van der Waals surface area contributed by atoms with Crippen molar-refractivity contribution in [1.82, 2.24) is 5.32 Å². The van der Waals surface area contributed by atoms with Crippen LogP contribution in [0.3, 0.4) is 0 Å². The van der Waals surface area contributed by atoms with Gasteiger partial charge in [0.05, 0.1) is 5.88 Å². The third kappa shape index (κ3) is 1.84. The number of allylic oxidation sites excluding steroid dienone is 1. The molecule has 0 spiro atoms. The zero-order valence-corrected chi connectivity index (χ0v) is 8.88. The molecule has 13 heavy (non-hydrogen) atoms. The summed E-state index contributed by atoms with van der Waals surface area (Å²) in [5.74, 6) is 0.976. The van der Waals surface area contributed by atoms with Crippen molar-refractivity contribution in [3.63, 3.8) is 0 Å². The number of rotatable bonds is 1. The fourth-order valence-electron chi connectivity index (χ4n) is 1.31. The summed E-state index contributed by atoms with van der Waals surface area (Å²) in [4.78, 5) is 1.33. The smallest absolute Gasteiger partial charge is 0.0655 e. The van der Waals surface area contributed by atoms with E-state index in [-0.39, 0.29) is 0 Å². The van der Waals surface area contributed by atoms with Crippen LogP contribution in [0.4, 0.5) is 0 Å². The van der Waals surface area contributed by atoms with Gasteiger partial charge in [0.25, 0.3) is 0 Å². The fourth-order valence-corrected chi connectivity index (χ4v) is 2.46. The second kappa shape index (κ2) is 3.64. The van der Waals surface area contributed by atoms with E-state index >= 15 is 0 Å². The number of thioether (sulfide) groups is 1. The Bertz CT molecular complexity index is 342. The van der Waals surface area contributed by atoms with E-state index in [0.717, 1.165) is 10.9 Å². The first-order valence-corrected chi connectivity index (χ1v) is 5.47. The van der Waals surface area contributed by atoms with Crippen LogP contribution < -0.4 is 5.32 Å². The van der Waals surface area contributed by atoms with E-state index < -0.39 is 0 Å². The molecule has 1 aromatic rings. The molecule has 2 rings (SSSR count). The minimum atomic E-state index is 0.790. The SMILES string of the molecule is CC1=C(c2ccc(Cl)cc2)SCN1. The van der Waals surface area contributed by atoms with Gasteiger partial charge >= 0.3 is 0 Å². The summed E-state index contributed by atoms with van der Waals surface area (Å²) in [6.07, 6.45) is 0. The molecule has 1 aliphatic heterocycles. The van der Waals surface area contributed by atoms with Crippen molar-refractivity contribution in [2.24, 2.45) is 0 Å². The van der Waals surface area contributed by atoms with Crippen molar-refractivity contribution in [3.05, 3.63) is 40.5 Å². The molecule has 0 saturated heterocycles. The summed E-state index contributed by atoms with van der Waals surface area (Å²) in [5, 5.41) is 4.08. The van der Waals surface area contributed by atoms with Gasteiger partial charge in [-0.05, 0) is 24.6 Å². The molecule has 1 aromatic carbocycles. The molecule has 1 N–H and O–H groups in total. The monoisotopic (exact) mass is 211 g/mol. The standard InChI is InChI=1S/C10H10ClNS/c1-7-10(13-6-12-7)8-2-4-9(11)5-3-8/h2-5,12H,6H2,1H3. The van der Waals surface area contributed by atoms with E-state index in [0.29, 0.717) is 0 Å².